The van der Waals surface area contributed by atoms with E-state index < -0.39 is 34.4 Å². The minimum absolute atomic E-state index is 0.0468. The standard InChI is InChI=1S/C27H22N2O8/c1-15(2)37-27(34)18-4-3-5-20(14-18)28-23(16-8-12-21(30)13-9-16)22(25(32)26(28)33)24(31)17-6-10-19(11-7-17)29(35)36/h3-15,23,30-31H,1-2H3/b24-22+. The average Bonchev–Trinajstić information content (AvgIpc) is 3.14. The number of non-ortho nitro benzene ring substituents is 1. The summed E-state index contributed by atoms with van der Waals surface area (Å²) in [7, 11) is 0. The zero-order chi connectivity index (χ0) is 26.9. The number of amides is 1. The molecule has 4 rings (SSSR count). The summed E-state index contributed by atoms with van der Waals surface area (Å²) in [6.45, 7) is 3.40. The van der Waals surface area contributed by atoms with Gasteiger partial charge in [0.1, 0.15) is 11.5 Å². The number of esters is 1. The molecule has 0 bridgehead atoms. The van der Waals surface area contributed by atoms with Crippen LogP contribution in [-0.2, 0) is 14.3 Å². The molecule has 10 nitrogen and oxygen atoms in total. The van der Waals surface area contributed by atoms with Crippen LogP contribution in [0.3, 0.4) is 0 Å². The Hall–Kier alpha value is -4.99. The number of phenols is 1. The van der Waals surface area contributed by atoms with Crippen molar-refractivity contribution >= 4 is 34.8 Å². The van der Waals surface area contributed by atoms with Gasteiger partial charge in [0, 0.05) is 23.4 Å². The Morgan fingerprint density at radius 2 is 1.65 bits per heavy atom. The van der Waals surface area contributed by atoms with Gasteiger partial charge in [0.25, 0.3) is 17.4 Å². The summed E-state index contributed by atoms with van der Waals surface area (Å²) in [5, 5.41) is 31.9. The number of Topliss-reactive ketones (excluding diaryl/α,β-unsaturated/α-hetero) is 1. The van der Waals surface area contributed by atoms with Crippen LogP contribution in [0, 0.1) is 10.1 Å². The molecule has 37 heavy (non-hydrogen) atoms. The van der Waals surface area contributed by atoms with E-state index >= 15 is 0 Å². The highest BCUT2D eigenvalue weighted by Gasteiger charge is 2.47. The van der Waals surface area contributed by atoms with Crippen LogP contribution in [0.1, 0.15) is 41.4 Å². The molecule has 1 unspecified atom stereocenters. The molecule has 188 valence electrons. The van der Waals surface area contributed by atoms with Crippen LogP contribution in [0.2, 0.25) is 0 Å². The van der Waals surface area contributed by atoms with Gasteiger partial charge < -0.3 is 14.9 Å². The molecule has 0 saturated carbocycles. The molecule has 3 aromatic rings. The van der Waals surface area contributed by atoms with Gasteiger partial charge in [-0.1, -0.05) is 18.2 Å². The SMILES string of the molecule is CC(C)OC(=O)c1cccc(N2C(=O)C(=O)/C(=C(/O)c3ccc([N+](=O)[O-])cc3)C2c2ccc(O)cc2)c1. The number of ketones is 1. The first-order valence-corrected chi connectivity index (χ1v) is 11.2. The maximum absolute atomic E-state index is 13.3. The van der Waals surface area contributed by atoms with E-state index in [1.165, 1.54) is 72.8 Å². The number of hydrogen-bond donors (Lipinski definition) is 2. The maximum atomic E-state index is 13.3. The molecule has 1 fully saturated rings. The zero-order valence-electron chi connectivity index (χ0n) is 19.8. The highest BCUT2D eigenvalue weighted by atomic mass is 16.6. The van der Waals surface area contributed by atoms with Crippen LogP contribution in [0.25, 0.3) is 5.76 Å². The van der Waals surface area contributed by atoms with Crippen molar-refractivity contribution < 1.29 is 34.3 Å². The third kappa shape index (κ3) is 4.90. The van der Waals surface area contributed by atoms with Crippen LogP contribution in [0.15, 0.2) is 78.4 Å². The Morgan fingerprint density at radius 3 is 2.24 bits per heavy atom. The fourth-order valence-corrected chi connectivity index (χ4v) is 4.03. The predicted molar refractivity (Wildman–Crippen MR) is 133 cm³/mol. The Kier molecular flexibility index (Phi) is 6.75. The van der Waals surface area contributed by atoms with Gasteiger partial charge in [-0.2, -0.15) is 0 Å². The van der Waals surface area contributed by atoms with Crippen molar-refractivity contribution in [2.45, 2.75) is 26.0 Å². The molecule has 1 amide bonds. The van der Waals surface area contributed by atoms with Crippen LogP contribution >= 0.6 is 0 Å². The largest absolute Gasteiger partial charge is 0.508 e. The van der Waals surface area contributed by atoms with E-state index in [4.69, 9.17) is 4.74 Å². The van der Waals surface area contributed by atoms with Gasteiger partial charge in [0.05, 0.1) is 28.2 Å². The number of aromatic hydroxyl groups is 1. The molecule has 1 aliphatic rings. The van der Waals surface area contributed by atoms with Crippen molar-refractivity contribution in [3.8, 4) is 5.75 Å². The molecule has 1 saturated heterocycles. The second-order valence-corrected chi connectivity index (χ2v) is 8.57. The van der Waals surface area contributed by atoms with Gasteiger partial charge in [-0.3, -0.25) is 24.6 Å². The molecular formula is C27H22N2O8. The number of ether oxygens (including phenoxy) is 1. The highest BCUT2D eigenvalue weighted by molar-refractivity contribution is 6.51. The number of benzene rings is 3. The van der Waals surface area contributed by atoms with Gasteiger partial charge in [-0.25, -0.2) is 4.79 Å². The lowest BCUT2D eigenvalue weighted by atomic mass is 9.95. The predicted octanol–water partition coefficient (Wildman–Crippen LogP) is 4.49. The van der Waals surface area contributed by atoms with Crippen LogP contribution in [0.4, 0.5) is 11.4 Å². The van der Waals surface area contributed by atoms with Gasteiger partial charge >= 0.3 is 5.97 Å². The van der Waals surface area contributed by atoms with E-state index in [9.17, 15) is 34.7 Å². The first-order valence-electron chi connectivity index (χ1n) is 11.2. The summed E-state index contributed by atoms with van der Waals surface area (Å²) in [5.41, 5.74) is 0.406. The Bertz CT molecular complexity index is 1430. The molecule has 1 heterocycles. The smallest absolute Gasteiger partial charge is 0.338 e. The minimum Gasteiger partial charge on any atom is -0.508 e. The fraction of sp³-hybridized carbons (Fsp3) is 0.148. The maximum Gasteiger partial charge on any atom is 0.338 e. The number of carbonyl (C=O) groups excluding carboxylic acids is 3. The van der Waals surface area contributed by atoms with Crippen LogP contribution < -0.4 is 4.90 Å². The van der Waals surface area contributed by atoms with Gasteiger partial charge in [0.2, 0.25) is 0 Å². The minimum atomic E-state index is -1.12. The van der Waals surface area contributed by atoms with E-state index in [1.54, 1.807) is 13.8 Å². The highest BCUT2D eigenvalue weighted by Crippen LogP contribution is 2.42. The van der Waals surface area contributed by atoms with E-state index in [-0.39, 0.29) is 39.9 Å². The molecule has 10 heteroatoms. The number of rotatable bonds is 6. The monoisotopic (exact) mass is 502 g/mol. The molecular weight excluding hydrogens is 480 g/mol. The van der Waals surface area contributed by atoms with E-state index in [0.29, 0.717) is 5.56 Å². The first kappa shape index (κ1) is 25.1. The van der Waals surface area contributed by atoms with Crippen molar-refractivity contribution in [3.05, 3.63) is 105 Å². The summed E-state index contributed by atoms with van der Waals surface area (Å²) >= 11 is 0. The molecule has 0 spiro atoms. The Morgan fingerprint density at radius 1 is 1.00 bits per heavy atom. The molecule has 1 aliphatic heterocycles. The van der Waals surface area contributed by atoms with Gasteiger partial charge in [-0.05, 0) is 61.9 Å². The molecule has 0 radical (unpaired) electrons. The number of carbonyl (C=O) groups is 3. The normalized spacial score (nSPS) is 16.7. The van der Waals surface area contributed by atoms with Crippen molar-refractivity contribution in [1.82, 2.24) is 0 Å². The van der Waals surface area contributed by atoms with Gasteiger partial charge in [0.15, 0.2) is 0 Å². The van der Waals surface area contributed by atoms with Crippen LogP contribution in [-0.4, -0.2) is 38.9 Å². The lowest BCUT2D eigenvalue weighted by molar-refractivity contribution is -0.384. The number of aliphatic hydroxyl groups is 1. The van der Waals surface area contributed by atoms with E-state index in [0.717, 1.165) is 4.90 Å². The van der Waals surface area contributed by atoms with Crippen molar-refractivity contribution in [1.29, 1.82) is 0 Å². The summed E-state index contributed by atoms with van der Waals surface area (Å²) in [6, 6.07) is 15.5. The molecule has 3 aromatic carbocycles. The number of phenolic OH excluding ortho intramolecular Hbond substituents is 1. The lowest BCUT2D eigenvalue weighted by Crippen LogP contribution is -2.29. The molecule has 1 atom stereocenters. The number of hydrogen-bond acceptors (Lipinski definition) is 8. The third-order valence-corrected chi connectivity index (χ3v) is 5.71. The van der Waals surface area contributed by atoms with Crippen molar-refractivity contribution in [2.75, 3.05) is 4.90 Å². The second kappa shape index (κ2) is 9.94. The van der Waals surface area contributed by atoms with E-state index in [2.05, 4.69) is 0 Å². The Labute approximate surface area is 211 Å². The number of anilines is 1. The summed E-state index contributed by atoms with van der Waals surface area (Å²) in [6.07, 6.45) is -0.371. The zero-order valence-corrected chi connectivity index (χ0v) is 19.8. The number of nitro groups is 1. The Balaban J connectivity index is 1.87. The topological polar surface area (TPSA) is 147 Å². The quantitative estimate of drug-likeness (QED) is 0.125. The van der Waals surface area contributed by atoms with Crippen molar-refractivity contribution in [3.63, 3.8) is 0 Å². The number of aliphatic hydroxyl groups excluding tert-OH is 1. The molecule has 0 aliphatic carbocycles. The number of nitro benzene ring substituents is 1. The number of nitrogens with zero attached hydrogens (tertiary/aromatic N) is 2. The summed E-state index contributed by atoms with van der Waals surface area (Å²) in [5.74, 6) is -3.11. The molecule has 0 aromatic heterocycles. The summed E-state index contributed by atoms with van der Waals surface area (Å²) in [4.78, 5) is 50.5. The molecule has 2 N–H and O–H groups in total. The lowest BCUT2D eigenvalue weighted by Gasteiger charge is -2.26. The van der Waals surface area contributed by atoms with Gasteiger partial charge in [-0.15, -0.1) is 0 Å². The summed E-state index contributed by atoms with van der Waals surface area (Å²) < 4.78 is 5.24. The second-order valence-electron chi connectivity index (χ2n) is 8.57. The average molecular weight is 502 g/mol. The fourth-order valence-electron chi connectivity index (χ4n) is 4.03. The van der Waals surface area contributed by atoms with E-state index in [1.807, 2.05) is 0 Å². The third-order valence-electron chi connectivity index (χ3n) is 5.71. The van der Waals surface area contributed by atoms with Crippen LogP contribution in [0.5, 0.6) is 5.75 Å². The van der Waals surface area contributed by atoms with Crippen molar-refractivity contribution in [2.24, 2.45) is 0 Å². The first-order chi connectivity index (χ1) is 17.6.